The Bertz CT molecular complexity index is 3320. The summed E-state index contributed by atoms with van der Waals surface area (Å²) in [6.45, 7) is 0. The highest BCUT2D eigenvalue weighted by Crippen LogP contribution is 2.44. The average molecular weight is 741 g/mol. The molecule has 8 aromatic carbocycles. The normalized spacial score (nSPS) is 11.4. The second-order valence-corrected chi connectivity index (χ2v) is 14.4. The molecule has 0 aliphatic heterocycles. The first-order valence-corrected chi connectivity index (χ1v) is 19.3. The third kappa shape index (κ3) is 5.31. The number of rotatable bonds is 6. The van der Waals surface area contributed by atoms with Crippen LogP contribution in [-0.4, -0.2) is 14.5 Å². The van der Waals surface area contributed by atoms with Gasteiger partial charge in [-0.25, -0.2) is 9.97 Å². The molecule has 270 valence electrons. The Morgan fingerprint density at radius 2 is 0.983 bits per heavy atom. The summed E-state index contributed by atoms with van der Waals surface area (Å²) < 4.78 is 9.39. The Hall–Kier alpha value is -8.07. The molecule has 0 radical (unpaired) electrons. The minimum absolute atomic E-state index is 0.428. The topological polar surface area (TPSA) is 67.6 Å². The number of nitriles is 1. The summed E-state index contributed by atoms with van der Waals surface area (Å²) in [7, 11) is 0. The first-order chi connectivity index (χ1) is 28.7. The standard InChI is InChI=1S/C53H32N4O/c54-33-45-48(36-20-9-3-10-21-36)55-53(56-49(45)37-22-11-4-12-23-37)44-32-38(34-16-5-1-6-17-34)28-31-47(44)57-46-27-14-13-24-40(46)41-29-30-43-42-26-15-25-39(35-18-7-2-8-19-35)51(42)58-52(43)50(41)57/h1-32H. The summed E-state index contributed by atoms with van der Waals surface area (Å²) in [5.74, 6) is 0.513. The molecule has 0 fully saturated rings. The van der Waals surface area contributed by atoms with Gasteiger partial charge in [0.1, 0.15) is 17.2 Å². The zero-order valence-electron chi connectivity index (χ0n) is 31.2. The summed E-state index contributed by atoms with van der Waals surface area (Å²) in [6.07, 6.45) is 0. The zero-order valence-corrected chi connectivity index (χ0v) is 31.2. The van der Waals surface area contributed by atoms with Crippen LogP contribution in [0.3, 0.4) is 0 Å². The third-order valence-corrected chi connectivity index (χ3v) is 11.1. The van der Waals surface area contributed by atoms with E-state index in [0.717, 1.165) is 88.4 Å². The fourth-order valence-corrected chi connectivity index (χ4v) is 8.42. The lowest BCUT2D eigenvalue weighted by Gasteiger charge is -2.17. The molecule has 0 unspecified atom stereocenters. The predicted molar refractivity (Wildman–Crippen MR) is 236 cm³/mol. The second-order valence-electron chi connectivity index (χ2n) is 14.4. The number of para-hydroxylation sites is 2. The number of nitrogens with zero attached hydrogens (tertiary/aromatic N) is 4. The van der Waals surface area contributed by atoms with Crippen molar-refractivity contribution in [2.75, 3.05) is 0 Å². The highest BCUT2D eigenvalue weighted by atomic mass is 16.3. The van der Waals surface area contributed by atoms with E-state index in [-0.39, 0.29) is 0 Å². The molecule has 0 saturated heterocycles. The summed E-state index contributed by atoms with van der Waals surface area (Å²) in [5.41, 5.74) is 12.9. The Balaban J connectivity index is 1.27. The van der Waals surface area contributed by atoms with E-state index in [1.165, 1.54) is 0 Å². The van der Waals surface area contributed by atoms with Crippen molar-refractivity contribution in [3.05, 3.63) is 200 Å². The van der Waals surface area contributed by atoms with Crippen LogP contribution in [0.25, 0.3) is 106 Å². The molecule has 3 aromatic heterocycles. The Morgan fingerprint density at radius 3 is 1.64 bits per heavy atom. The molecule has 0 N–H and O–H groups in total. The first kappa shape index (κ1) is 33.3. The number of benzene rings is 8. The third-order valence-electron chi connectivity index (χ3n) is 11.1. The van der Waals surface area contributed by atoms with Crippen LogP contribution in [-0.2, 0) is 0 Å². The van der Waals surface area contributed by atoms with E-state index in [4.69, 9.17) is 14.4 Å². The minimum atomic E-state index is 0.428. The van der Waals surface area contributed by atoms with E-state index in [0.29, 0.717) is 22.8 Å². The quantitative estimate of drug-likeness (QED) is 0.170. The van der Waals surface area contributed by atoms with Crippen molar-refractivity contribution in [2.24, 2.45) is 0 Å². The summed E-state index contributed by atoms with van der Waals surface area (Å²) >= 11 is 0. The van der Waals surface area contributed by atoms with Crippen LogP contribution in [0.1, 0.15) is 5.56 Å². The molecule has 58 heavy (non-hydrogen) atoms. The number of furan rings is 1. The molecule has 11 rings (SSSR count). The fourth-order valence-electron chi connectivity index (χ4n) is 8.42. The van der Waals surface area contributed by atoms with Gasteiger partial charge in [-0.3, -0.25) is 0 Å². The SMILES string of the molecule is N#Cc1c(-c2ccccc2)nc(-c2cc(-c3ccccc3)ccc2-n2c3ccccc3c3ccc4c5cccc(-c6ccccc6)c5oc4c32)nc1-c1ccccc1. The average Bonchev–Trinajstić information content (AvgIpc) is 3.86. The van der Waals surface area contributed by atoms with E-state index >= 15 is 0 Å². The van der Waals surface area contributed by atoms with E-state index in [2.05, 4.69) is 132 Å². The number of hydrogen-bond acceptors (Lipinski definition) is 4. The molecule has 11 aromatic rings. The molecular weight excluding hydrogens is 709 g/mol. The van der Waals surface area contributed by atoms with Gasteiger partial charge in [0.05, 0.1) is 28.1 Å². The lowest BCUT2D eigenvalue weighted by atomic mass is 9.98. The maximum absolute atomic E-state index is 10.7. The van der Waals surface area contributed by atoms with Crippen molar-refractivity contribution >= 4 is 43.7 Å². The Morgan fingerprint density at radius 1 is 0.431 bits per heavy atom. The van der Waals surface area contributed by atoms with Gasteiger partial charge >= 0.3 is 0 Å². The van der Waals surface area contributed by atoms with Crippen LogP contribution in [0.2, 0.25) is 0 Å². The van der Waals surface area contributed by atoms with Crippen LogP contribution in [0.5, 0.6) is 0 Å². The Labute approximate surface area is 334 Å². The summed E-state index contributed by atoms with van der Waals surface area (Å²) in [5, 5.41) is 15.0. The van der Waals surface area contributed by atoms with Crippen molar-refractivity contribution in [2.45, 2.75) is 0 Å². The van der Waals surface area contributed by atoms with Gasteiger partial charge < -0.3 is 8.98 Å². The van der Waals surface area contributed by atoms with Gasteiger partial charge in [0.25, 0.3) is 0 Å². The second kappa shape index (κ2) is 13.6. The molecule has 0 spiro atoms. The van der Waals surface area contributed by atoms with Crippen molar-refractivity contribution in [1.82, 2.24) is 14.5 Å². The van der Waals surface area contributed by atoms with Crippen LogP contribution in [0.15, 0.2) is 199 Å². The molecule has 3 heterocycles. The van der Waals surface area contributed by atoms with Gasteiger partial charge in [0.15, 0.2) is 11.4 Å². The molecule has 0 atom stereocenters. The fraction of sp³-hybridized carbons (Fsp3) is 0. The van der Waals surface area contributed by atoms with Gasteiger partial charge in [0, 0.05) is 43.8 Å². The zero-order chi connectivity index (χ0) is 38.6. The molecule has 0 bridgehead atoms. The predicted octanol–water partition coefficient (Wildman–Crippen LogP) is 13.7. The highest BCUT2D eigenvalue weighted by Gasteiger charge is 2.25. The lowest BCUT2D eigenvalue weighted by Crippen LogP contribution is -2.04. The van der Waals surface area contributed by atoms with Crippen molar-refractivity contribution in [1.29, 1.82) is 5.26 Å². The highest BCUT2D eigenvalue weighted by molar-refractivity contribution is 6.22. The molecule has 0 aliphatic carbocycles. The van der Waals surface area contributed by atoms with Crippen molar-refractivity contribution in [3.63, 3.8) is 0 Å². The molecule has 0 aliphatic rings. The Kier molecular flexibility index (Phi) is 7.80. The molecule has 0 saturated carbocycles. The van der Waals surface area contributed by atoms with Crippen LogP contribution in [0.4, 0.5) is 0 Å². The van der Waals surface area contributed by atoms with Gasteiger partial charge in [-0.1, -0.05) is 170 Å². The number of aromatic nitrogens is 3. The molecule has 5 heteroatoms. The van der Waals surface area contributed by atoms with E-state index in [9.17, 15) is 5.26 Å². The number of hydrogen-bond donors (Lipinski definition) is 0. The molecule has 0 amide bonds. The van der Waals surface area contributed by atoms with Crippen LogP contribution in [0, 0.1) is 11.3 Å². The summed E-state index contributed by atoms with van der Waals surface area (Å²) in [4.78, 5) is 10.6. The number of fused-ring (bicyclic) bond motifs is 7. The minimum Gasteiger partial charge on any atom is -0.453 e. The van der Waals surface area contributed by atoms with Gasteiger partial charge in [0.2, 0.25) is 0 Å². The van der Waals surface area contributed by atoms with E-state index in [1.807, 2.05) is 72.8 Å². The molecule has 5 nitrogen and oxygen atoms in total. The van der Waals surface area contributed by atoms with Crippen LogP contribution >= 0.6 is 0 Å². The smallest absolute Gasteiger partial charge is 0.162 e. The van der Waals surface area contributed by atoms with Gasteiger partial charge in [-0.2, -0.15) is 5.26 Å². The largest absolute Gasteiger partial charge is 0.453 e. The first-order valence-electron chi connectivity index (χ1n) is 19.3. The maximum Gasteiger partial charge on any atom is 0.162 e. The van der Waals surface area contributed by atoms with Crippen LogP contribution < -0.4 is 0 Å². The molecular formula is C53H32N4O. The lowest BCUT2D eigenvalue weighted by molar-refractivity contribution is 0.672. The maximum atomic E-state index is 10.7. The van der Waals surface area contributed by atoms with Gasteiger partial charge in [-0.05, 0) is 41.0 Å². The monoisotopic (exact) mass is 740 g/mol. The van der Waals surface area contributed by atoms with E-state index in [1.54, 1.807) is 0 Å². The van der Waals surface area contributed by atoms with Gasteiger partial charge in [-0.15, -0.1) is 0 Å². The van der Waals surface area contributed by atoms with Crippen molar-refractivity contribution < 1.29 is 4.42 Å². The van der Waals surface area contributed by atoms with Crippen molar-refractivity contribution in [3.8, 4) is 67.9 Å². The van der Waals surface area contributed by atoms with E-state index < -0.39 is 0 Å². The summed E-state index contributed by atoms with van der Waals surface area (Å²) in [6, 6.07) is 68.9.